The zero-order valence-electron chi connectivity index (χ0n) is 8.20. The largest absolute Gasteiger partial charge is 0.492 e. The molecule has 1 aromatic carbocycles. The molecule has 3 N–H and O–H groups in total. The lowest BCUT2D eigenvalue weighted by atomic mass is 10.3. The van der Waals surface area contributed by atoms with Gasteiger partial charge in [0.2, 0.25) is 0 Å². The van der Waals surface area contributed by atoms with Crippen LogP contribution in [-0.2, 0) is 0 Å². The molecule has 0 heterocycles. The summed E-state index contributed by atoms with van der Waals surface area (Å²) < 4.78 is 5.46. The molecule has 0 bridgehead atoms. The molecule has 0 amide bonds. The van der Waals surface area contributed by atoms with Gasteiger partial charge in [0, 0.05) is 18.8 Å². The maximum atomic E-state index is 5.54. The monoisotopic (exact) mass is 192 g/mol. The summed E-state index contributed by atoms with van der Waals surface area (Å²) in [7, 11) is 0. The van der Waals surface area contributed by atoms with Crippen LogP contribution in [0.1, 0.15) is 0 Å². The molecule has 76 valence electrons. The number of anilines is 1. The minimum absolute atomic E-state index is 0.651. The van der Waals surface area contributed by atoms with Gasteiger partial charge in [-0.25, -0.2) is 0 Å². The third-order valence-corrected chi connectivity index (χ3v) is 1.72. The summed E-state index contributed by atoms with van der Waals surface area (Å²) in [5.41, 5.74) is 6.29. The maximum Gasteiger partial charge on any atom is 0.119 e. The van der Waals surface area contributed by atoms with Gasteiger partial charge in [-0.05, 0) is 24.3 Å². The summed E-state index contributed by atoms with van der Waals surface area (Å²) in [6.07, 6.45) is 1.82. The standard InChI is InChI=1S/C11H16N2O/c1-2-7-13-8-9-14-11-5-3-10(12)4-6-11/h2-6,13H,1,7-9,12H2. The third kappa shape index (κ3) is 3.96. The Morgan fingerprint density at radius 1 is 1.36 bits per heavy atom. The fraction of sp³-hybridized carbons (Fsp3) is 0.273. The Hall–Kier alpha value is -1.48. The van der Waals surface area contributed by atoms with Crippen molar-refractivity contribution in [2.24, 2.45) is 0 Å². The second kappa shape index (κ2) is 6.05. The van der Waals surface area contributed by atoms with E-state index in [2.05, 4.69) is 11.9 Å². The van der Waals surface area contributed by atoms with Crippen LogP contribution in [0.15, 0.2) is 36.9 Å². The van der Waals surface area contributed by atoms with Crippen molar-refractivity contribution in [3.63, 3.8) is 0 Å². The lowest BCUT2D eigenvalue weighted by Gasteiger charge is -2.06. The minimum atomic E-state index is 0.651. The van der Waals surface area contributed by atoms with Crippen molar-refractivity contribution in [3.05, 3.63) is 36.9 Å². The Morgan fingerprint density at radius 2 is 2.07 bits per heavy atom. The van der Waals surface area contributed by atoms with Gasteiger partial charge in [-0.3, -0.25) is 0 Å². The van der Waals surface area contributed by atoms with E-state index in [1.54, 1.807) is 0 Å². The second-order valence-corrected chi connectivity index (χ2v) is 2.91. The molecule has 0 saturated heterocycles. The summed E-state index contributed by atoms with van der Waals surface area (Å²) >= 11 is 0. The predicted molar refractivity (Wildman–Crippen MR) is 59.4 cm³/mol. The lowest BCUT2D eigenvalue weighted by molar-refractivity contribution is 0.316. The van der Waals surface area contributed by atoms with Gasteiger partial charge in [0.25, 0.3) is 0 Å². The highest BCUT2D eigenvalue weighted by Crippen LogP contribution is 2.12. The molecule has 0 aliphatic carbocycles. The van der Waals surface area contributed by atoms with E-state index in [9.17, 15) is 0 Å². The topological polar surface area (TPSA) is 47.3 Å². The molecule has 0 aromatic heterocycles. The first kappa shape index (κ1) is 10.6. The Labute approximate surface area is 84.6 Å². The SMILES string of the molecule is C=CCNCCOc1ccc(N)cc1. The zero-order valence-corrected chi connectivity index (χ0v) is 8.20. The van der Waals surface area contributed by atoms with Crippen molar-refractivity contribution < 1.29 is 4.74 Å². The Bertz CT molecular complexity index is 269. The first-order valence-corrected chi connectivity index (χ1v) is 4.63. The summed E-state index contributed by atoms with van der Waals surface area (Å²) in [5, 5.41) is 3.15. The van der Waals surface area contributed by atoms with Gasteiger partial charge in [0.1, 0.15) is 12.4 Å². The van der Waals surface area contributed by atoms with E-state index in [-0.39, 0.29) is 0 Å². The summed E-state index contributed by atoms with van der Waals surface area (Å²) in [5.74, 6) is 0.847. The van der Waals surface area contributed by atoms with E-state index in [4.69, 9.17) is 10.5 Å². The first-order chi connectivity index (χ1) is 6.83. The lowest BCUT2D eigenvalue weighted by Crippen LogP contribution is -2.20. The van der Waals surface area contributed by atoms with Crippen LogP contribution in [0.4, 0.5) is 5.69 Å². The molecule has 0 saturated carbocycles. The molecule has 0 fully saturated rings. The minimum Gasteiger partial charge on any atom is -0.492 e. The molecule has 0 aliphatic rings. The molecule has 0 aliphatic heterocycles. The first-order valence-electron chi connectivity index (χ1n) is 4.63. The van der Waals surface area contributed by atoms with Crippen LogP contribution >= 0.6 is 0 Å². The molecule has 3 nitrogen and oxygen atoms in total. The smallest absolute Gasteiger partial charge is 0.119 e. The average molecular weight is 192 g/mol. The highest BCUT2D eigenvalue weighted by atomic mass is 16.5. The Kier molecular flexibility index (Phi) is 4.58. The van der Waals surface area contributed by atoms with E-state index in [1.807, 2.05) is 30.3 Å². The molecular formula is C11H16N2O. The third-order valence-electron chi connectivity index (χ3n) is 1.72. The predicted octanol–water partition coefficient (Wildman–Crippen LogP) is 1.42. The van der Waals surface area contributed by atoms with Crippen molar-refractivity contribution in [2.45, 2.75) is 0 Å². The van der Waals surface area contributed by atoms with Crippen molar-refractivity contribution in [1.82, 2.24) is 5.32 Å². The van der Waals surface area contributed by atoms with Gasteiger partial charge in [-0.2, -0.15) is 0 Å². The van der Waals surface area contributed by atoms with E-state index >= 15 is 0 Å². The molecule has 0 unspecified atom stereocenters. The van der Waals surface area contributed by atoms with Gasteiger partial charge < -0.3 is 15.8 Å². The molecule has 0 radical (unpaired) electrons. The van der Waals surface area contributed by atoms with Gasteiger partial charge in [-0.15, -0.1) is 6.58 Å². The van der Waals surface area contributed by atoms with Crippen molar-refractivity contribution in [1.29, 1.82) is 0 Å². The number of rotatable bonds is 6. The quantitative estimate of drug-likeness (QED) is 0.407. The van der Waals surface area contributed by atoms with Crippen molar-refractivity contribution >= 4 is 5.69 Å². The van der Waals surface area contributed by atoms with E-state index in [1.165, 1.54) is 0 Å². The fourth-order valence-corrected chi connectivity index (χ4v) is 1.01. The Morgan fingerprint density at radius 3 is 2.71 bits per heavy atom. The highest BCUT2D eigenvalue weighted by molar-refractivity contribution is 5.41. The molecule has 0 atom stereocenters. The number of hydrogen-bond acceptors (Lipinski definition) is 3. The summed E-state index contributed by atoms with van der Waals surface area (Å²) in [6.45, 7) is 5.89. The van der Waals surface area contributed by atoms with E-state index in [0.29, 0.717) is 6.61 Å². The number of nitrogen functional groups attached to an aromatic ring is 1. The van der Waals surface area contributed by atoms with Gasteiger partial charge in [0.15, 0.2) is 0 Å². The number of benzene rings is 1. The van der Waals surface area contributed by atoms with Gasteiger partial charge >= 0.3 is 0 Å². The van der Waals surface area contributed by atoms with Crippen LogP contribution in [0.2, 0.25) is 0 Å². The molecular weight excluding hydrogens is 176 g/mol. The molecule has 1 rings (SSSR count). The normalized spacial score (nSPS) is 9.71. The van der Waals surface area contributed by atoms with Crippen LogP contribution in [-0.4, -0.2) is 19.7 Å². The molecule has 1 aromatic rings. The summed E-state index contributed by atoms with van der Waals surface area (Å²) in [4.78, 5) is 0. The number of hydrogen-bond donors (Lipinski definition) is 2. The van der Waals surface area contributed by atoms with Gasteiger partial charge in [0.05, 0.1) is 0 Å². The number of ether oxygens (including phenoxy) is 1. The number of nitrogens with two attached hydrogens (primary N) is 1. The molecule has 0 spiro atoms. The van der Waals surface area contributed by atoms with Crippen LogP contribution in [0.5, 0.6) is 5.75 Å². The Balaban J connectivity index is 2.18. The van der Waals surface area contributed by atoms with Crippen LogP contribution in [0.25, 0.3) is 0 Å². The average Bonchev–Trinajstić information content (AvgIpc) is 2.21. The summed E-state index contributed by atoms with van der Waals surface area (Å²) in [6, 6.07) is 7.38. The molecule has 14 heavy (non-hydrogen) atoms. The fourth-order valence-electron chi connectivity index (χ4n) is 1.01. The highest BCUT2D eigenvalue weighted by Gasteiger charge is 1.91. The van der Waals surface area contributed by atoms with Crippen LogP contribution < -0.4 is 15.8 Å². The van der Waals surface area contributed by atoms with E-state index in [0.717, 1.165) is 24.5 Å². The van der Waals surface area contributed by atoms with Crippen LogP contribution in [0.3, 0.4) is 0 Å². The van der Waals surface area contributed by atoms with Gasteiger partial charge in [-0.1, -0.05) is 6.08 Å². The zero-order chi connectivity index (χ0) is 10.2. The van der Waals surface area contributed by atoms with Crippen LogP contribution in [0, 0.1) is 0 Å². The van der Waals surface area contributed by atoms with Crippen molar-refractivity contribution in [3.8, 4) is 5.75 Å². The molecule has 3 heteroatoms. The maximum absolute atomic E-state index is 5.54. The van der Waals surface area contributed by atoms with Crippen molar-refractivity contribution in [2.75, 3.05) is 25.4 Å². The number of nitrogens with one attached hydrogen (secondary N) is 1. The second-order valence-electron chi connectivity index (χ2n) is 2.91. The van der Waals surface area contributed by atoms with E-state index < -0.39 is 0 Å².